The maximum absolute atomic E-state index is 11.9. The smallest absolute Gasteiger partial charge is 0.248 e. The lowest BCUT2D eigenvalue weighted by molar-refractivity contribution is -0.123. The summed E-state index contributed by atoms with van der Waals surface area (Å²) in [4.78, 5) is 16.0. The van der Waals surface area contributed by atoms with Gasteiger partial charge in [-0.3, -0.25) is 9.69 Å². The molecule has 2 aliphatic rings. The first kappa shape index (κ1) is 23.4. The maximum atomic E-state index is 11.9. The molecule has 1 saturated carbocycles. The molecule has 1 aliphatic heterocycles. The average molecular weight is 497 g/mol. The number of hydrogen-bond donors (Lipinski definition) is 1. The molecule has 6 rings (SSSR count). The predicted octanol–water partition coefficient (Wildman–Crippen LogP) is 6.28. The summed E-state index contributed by atoms with van der Waals surface area (Å²) in [5.74, 6) is 0.286. The van der Waals surface area contributed by atoms with Gasteiger partial charge in [0.05, 0.1) is 6.04 Å². The van der Waals surface area contributed by atoms with Crippen molar-refractivity contribution in [2.75, 3.05) is 20.2 Å². The summed E-state index contributed by atoms with van der Waals surface area (Å²) in [7, 11) is 1.84. The Morgan fingerprint density at radius 3 is 2.44 bits per heavy atom. The minimum atomic E-state index is -0.392. The molecule has 4 nitrogen and oxygen atoms in total. The molecule has 2 heterocycles. The minimum Gasteiger partial charge on any atom is -0.373 e. The molecule has 2 fully saturated rings. The molecule has 1 aliphatic carbocycles. The van der Waals surface area contributed by atoms with Gasteiger partial charge in [-0.15, -0.1) is 11.3 Å². The number of carbonyl (C=O) groups is 1. The lowest BCUT2D eigenvalue weighted by atomic mass is 9.74. The van der Waals surface area contributed by atoms with Crippen LogP contribution in [0, 0.1) is 18.8 Å². The normalized spacial score (nSPS) is 24.7. The van der Waals surface area contributed by atoms with Crippen molar-refractivity contribution < 1.29 is 9.53 Å². The summed E-state index contributed by atoms with van der Waals surface area (Å²) in [6.45, 7) is 4.06. The van der Waals surface area contributed by atoms with Gasteiger partial charge < -0.3 is 10.5 Å². The van der Waals surface area contributed by atoms with Gasteiger partial charge in [-0.25, -0.2) is 0 Å². The van der Waals surface area contributed by atoms with E-state index in [9.17, 15) is 4.79 Å². The van der Waals surface area contributed by atoms with Crippen LogP contribution in [-0.4, -0.2) is 31.0 Å². The van der Waals surface area contributed by atoms with Gasteiger partial charge in [0.25, 0.3) is 0 Å². The second-order valence-electron chi connectivity index (χ2n) is 10.4. The highest BCUT2D eigenvalue weighted by molar-refractivity contribution is 7.19. The third-order valence-electron chi connectivity index (χ3n) is 8.36. The van der Waals surface area contributed by atoms with Crippen molar-refractivity contribution in [3.63, 3.8) is 0 Å². The van der Waals surface area contributed by atoms with Crippen LogP contribution in [0.4, 0.5) is 0 Å². The highest BCUT2D eigenvalue weighted by Crippen LogP contribution is 2.55. The molecule has 1 aromatic heterocycles. The Morgan fingerprint density at radius 1 is 1.00 bits per heavy atom. The number of piperidine rings is 1. The summed E-state index contributed by atoms with van der Waals surface area (Å²) in [5, 5.41) is 1.31. The molecule has 3 aromatic carbocycles. The Bertz CT molecular complexity index is 1380. The van der Waals surface area contributed by atoms with Gasteiger partial charge in [-0.1, -0.05) is 60.2 Å². The number of carbonyl (C=O) groups excluding carboxylic acids is 1. The van der Waals surface area contributed by atoms with Gasteiger partial charge in [-0.05, 0) is 60.5 Å². The molecule has 0 spiro atoms. The van der Waals surface area contributed by atoms with E-state index in [1.54, 1.807) is 6.07 Å². The fourth-order valence-corrected chi connectivity index (χ4v) is 8.07. The highest BCUT2D eigenvalue weighted by Gasteiger charge is 2.56. The molecule has 0 radical (unpaired) electrons. The number of rotatable bonds is 6. The van der Waals surface area contributed by atoms with Crippen molar-refractivity contribution in [3.05, 3.63) is 106 Å². The van der Waals surface area contributed by atoms with Crippen LogP contribution in [0.1, 0.15) is 50.8 Å². The summed E-state index contributed by atoms with van der Waals surface area (Å²) >= 11 is 1.91. The van der Waals surface area contributed by atoms with Crippen LogP contribution in [0.15, 0.2) is 78.9 Å². The molecular weight excluding hydrogens is 464 g/mol. The number of amides is 1. The number of primary amides is 1. The Labute approximate surface area is 216 Å². The Morgan fingerprint density at radius 2 is 1.75 bits per heavy atom. The Kier molecular flexibility index (Phi) is 5.95. The minimum absolute atomic E-state index is 0.206. The van der Waals surface area contributed by atoms with Crippen LogP contribution in [0.25, 0.3) is 10.1 Å². The van der Waals surface area contributed by atoms with Gasteiger partial charge in [0.15, 0.2) is 0 Å². The fraction of sp³-hybridized carbons (Fsp3) is 0.323. The van der Waals surface area contributed by atoms with Crippen LogP contribution < -0.4 is 5.73 Å². The van der Waals surface area contributed by atoms with Crippen molar-refractivity contribution >= 4 is 27.3 Å². The third kappa shape index (κ3) is 3.78. The molecule has 184 valence electrons. The number of fused-ring (bicyclic) bond motifs is 3. The van der Waals surface area contributed by atoms with Gasteiger partial charge in [0, 0.05) is 47.2 Å². The zero-order valence-corrected chi connectivity index (χ0v) is 21.6. The number of benzene rings is 3. The van der Waals surface area contributed by atoms with Gasteiger partial charge in [0.2, 0.25) is 5.91 Å². The molecule has 36 heavy (non-hydrogen) atoms. The first-order valence-electron chi connectivity index (χ1n) is 12.7. The maximum Gasteiger partial charge on any atom is 0.248 e. The standard InChI is InChI=1S/C31H32N2O2S/c1-20-7-5-9-22(15-20)29(28-17-21-8-3-4-12-27(21)36-28)33-18-25-13-14-26(19-33)31(25,35-2)24-11-6-10-23(16-24)30(32)34/h3-12,15-17,25-26,29H,13-14,18-19H2,1-2H3,(H2,32,34). The molecule has 1 amide bonds. The second kappa shape index (κ2) is 9.15. The van der Waals surface area contributed by atoms with Crippen LogP contribution >= 0.6 is 11.3 Å². The number of nitrogens with two attached hydrogens (primary N) is 1. The zero-order chi connectivity index (χ0) is 24.9. The van der Waals surface area contributed by atoms with E-state index in [-0.39, 0.29) is 11.6 Å². The fourth-order valence-electron chi connectivity index (χ4n) is 6.84. The van der Waals surface area contributed by atoms with E-state index < -0.39 is 5.91 Å². The highest BCUT2D eigenvalue weighted by atomic mass is 32.1. The number of likely N-dealkylation sites (tertiary alicyclic amines) is 1. The molecule has 4 aromatic rings. The first-order chi connectivity index (χ1) is 17.5. The van der Waals surface area contributed by atoms with E-state index >= 15 is 0 Å². The monoisotopic (exact) mass is 496 g/mol. The number of hydrogen-bond acceptors (Lipinski definition) is 4. The summed E-state index contributed by atoms with van der Waals surface area (Å²) in [6, 6.07) is 28.0. The number of methoxy groups -OCH3 is 1. The largest absolute Gasteiger partial charge is 0.373 e. The molecular formula is C31H32N2O2S. The summed E-state index contributed by atoms with van der Waals surface area (Å²) in [5.41, 5.74) is 9.51. The van der Waals surface area contributed by atoms with Crippen molar-refractivity contribution in [1.29, 1.82) is 0 Å². The van der Waals surface area contributed by atoms with Gasteiger partial charge in [0.1, 0.15) is 5.60 Å². The van der Waals surface area contributed by atoms with Crippen molar-refractivity contribution in [2.45, 2.75) is 31.4 Å². The summed E-state index contributed by atoms with van der Waals surface area (Å²) < 4.78 is 7.75. The van der Waals surface area contributed by atoms with E-state index in [4.69, 9.17) is 10.5 Å². The van der Waals surface area contributed by atoms with Crippen LogP contribution in [0.2, 0.25) is 0 Å². The van der Waals surface area contributed by atoms with Crippen LogP contribution in [-0.2, 0) is 10.3 Å². The van der Waals surface area contributed by atoms with E-state index in [2.05, 4.69) is 72.5 Å². The molecule has 1 saturated heterocycles. The molecule has 2 bridgehead atoms. The SMILES string of the molecule is COC1(c2cccc(C(N)=O)c2)C2CCC1CN(C(c1cccc(C)c1)c1cc3ccccc3s1)C2. The first-order valence-corrected chi connectivity index (χ1v) is 13.6. The number of aryl methyl sites for hydroxylation is 1. The van der Waals surface area contributed by atoms with Crippen molar-refractivity contribution in [2.24, 2.45) is 17.6 Å². The molecule has 5 heteroatoms. The van der Waals surface area contributed by atoms with E-state index in [1.807, 2.05) is 30.6 Å². The van der Waals surface area contributed by atoms with E-state index in [1.165, 1.54) is 26.1 Å². The Balaban J connectivity index is 1.41. The number of ether oxygens (including phenoxy) is 1. The van der Waals surface area contributed by atoms with Crippen molar-refractivity contribution in [1.82, 2.24) is 4.90 Å². The number of nitrogens with zero attached hydrogens (tertiary/aromatic N) is 1. The van der Waals surface area contributed by atoms with Gasteiger partial charge >= 0.3 is 0 Å². The predicted molar refractivity (Wildman–Crippen MR) is 146 cm³/mol. The van der Waals surface area contributed by atoms with Crippen molar-refractivity contribution in [3.8, 4) is 0 Å². The zero-order valence-electron chi connectivity index (χ0n) is 20.8. The third-order valence-corrected chi connectivity index (χ3v) is 9.53. The lowest BCUT2D eigenvalue weighted by Gasteiger charge is -2.49. The van der Waals surface area contributed by atoms with Crippen LogP contribution in [0.5, 0.6) is 0 Å². The molecule has 3 unspecified atom stereocenters. The molecule has 2 N–H and O–H groups in total. The van der Waals surface area contributed by atoms with E-state index in [0.29, 0.717) is 17.4 Å². The second-order valence-corrected chi connectivity index (χ2v) is 11.5. The van der Waals surface area contributed by atoms with Gasteiger partial charge in [-0.2, -0.15) is 0 Å². The van der Waals surface area contributed by atoms with E-state index in [0.717, 1.165) is 31.5 Å². The van der Waals surface area contributed by atoms with Crippen LogP contribution in [0.3, 0.4) is 0 Å². The topological polar surface area (TPSA) is 55.6 Å². The average Bonchev–Trinajstić information content (AvgIpc) is 3.38. The summed E-state index contributed by atoms with van der Waals surface area (Å²) in [6.07, 6.45) is 2.23. The number of thiophene rings is 1. The lowest BCUT2D eigenvalue weighted by Crippen LogP contribution is -2.53. The quantitative estimate of drug-likeness (QED) is 0.342. The molecule has 3 atom stereocenters. The Hall–Kier alpha value is -2.99.